The molecule has 0 aliphatic carbocycles. The Labute approximate surface area is 183 Å². The van der Waals surface area contributed by atoms with Crippen LogP contribution in [0.25, 0.3) is 22.6 Å². The number of anilines is 1. The molecule has 0 aliphatic rings. The summed E-state index contributed by atoms with van der Waals surface area (Å²) in [6, 6.07) is 13.1. The van der Waals surface area contributed by atoms with E-state index in [2.05, 4.69) is 38.9 Å². The number of H-pyrrole nitrogens is 1. The first kappa shape index (κ1) is 21.0. The average molecular weight is 431 g/mol. The Morgan fingerprint density at radius 2 is 2.03 bits per heavy atom. The lowest BCUT2D eigenvalue weighted by Gasteiger charge is -2.09. The van der Waals surface area contributed by atoms with Crippen LogP contribution in [0, 0.1) is 0 Å². The summed E-state index contributed by atoms with van der Waals surface area (Å²) in [6.45, 7) is 2.59. The van der Waals surface area contributed by atoms with Gasteiger partial charge in [-0.1, -0.05) is 31.6 Å². The number of tetrazole rings is 1. The number of allylic oxidation sites excluding steroid dienone is 1. The summed E-state index contributed by atoms with van der Waals surface area (Å²) in [4.78, 5) is 25.3. The van der Waals surface area contributed by atoms with Crippen molar-refractivity contribution >= 4 is 22.6 Å². The Balaban J connectivity index is 1.53. The predicted octanol–water partition coefficient (Wildman–Crippen LogP) is 3.96. The lowest BCUT2D eigenvalue weighted by Crippen LogP contribution is -2.13. The van der Waals surface area contributed by atoms with Gasteiger partial charge in [-0.2, -0.15) is 5.21 Å². The zero-order valence-electron chi connectivity index (χ0n) is 17.4. The van der Waals surface area contributed by atoms with Gasteiger partial charge in [0.15, 0.2) is 16.8 Å². The maximum Gasteiger partial charge on any atom is 0.255 e. The van der Waals surface area contributed by atoms with Crippen LogP contribution in [-0.2, 0) is 0 Å². The number of para-hydroxylation sites is 1. The van der Waals surface area contributed by atoms with E-state index in [1.807, 2.05) is 6.08 Å². The number of carbonyl (C=O) groups is 1. The molecule has 0 bridgehead atoms. The number of carbonyl (C=O) groups excluding carboxylic acids is 1. The van der Waals surface area contributed by atoms with Gasteiger partial charge in [0.05, 0.1) is 11.1 Å². The molecule has 0 saturated heterocycles. The normalized spacial score (nSPS) is 11.2. The van der Waals surface area contributed by atoms with E-state index in [9.17, 15) is 9.59 Å². The third kappa shape index (κ3) is 4.72. The van der Waals surface area contributed by atoms with E-state index in [4.69, 9.17) is 9.15 Å². The topological polar surface area (TPSA) is 123 Å². The van der Waals surface area contributed by atoms with Crippen LogP contribution < -0.4 is 15.5 Å². The zero-order chi connectivity index (χ0) is 22.3. The molecule has 2 aromatic carbocycles. The number of fused-ring (bicyclic) bond motifs is 1. The van der Waals surface area contributed by atoms with Crippen LogP contribution in [-0.4, -0.2) is 33.1 Å². The number of nitrogens with zero attached hydrogens (tertiary/aromatic N) is 3. The lowest BCUT2D eigenvalue weighted by atomic mass is 10.1. The smallest absolute Gasteiger partial charge is 0.255 e. The van der Waals surface area contributed by atoms with Crippen LogP contribution >= 0.6 is 0 Å². The molecule has 9 nitrogen and oxygen atoms in total. The van der Waals surface area contributed by atoms with E-state index in [0.717, 1.165) is 12.8 Å². The second-order valence-corrected chi connectivity index (χ2v) is 6.94. The Hall–Kier alpha value is -4.27. The van der Waals surface area contributed by atoms with Crippen molar-refractivity contribution in [2.24, 2.45) is 0 Å². The maximum absolute atomic E-state index is 12.8. The van der Waals surface area contributed by atoms with Gasteiger partial charge in [-0.3, -0.25) is 9.59 Å². The largest absolute Gasteiger partial charge is 0.490 e. The molecule has 0 radical (unpaired) electrons. The van der Waals surface area contributed by atoms with Crippen molar-refractivity contribution in [1.29, 1.82) is 0 Å². The molecule has 2 N–H and O–H groups in total. The highest BCUT2D eigenvalue weighted by atomic mass is 16.5. The number of aromatic nitrogens is 4. The van der Waals surface area contributed by atoms with Gasteiger partial charge in [0, 0.05) is 11.6 Å². The van der Waals surface area contributed by atoms with Crippen molar-refractivity contribution < 1.29 is 13.9 Å². The van der Waals surface area contributed by atoms with E-state index in [1.54, 1.807) is 42.5 Å². The number of hydrogen-bond donors (Lipinski definition) is 2. The van der Waals surface area contributed by atoms with Crippen LogP contribution in [0.1, 0.15) is 30.1 Å². The minimum Gasteiger partial charge on any atom is -0.490 e. The highest BCUT2D eigenvalue weighted by Gasteiger charge is 2.15. The molecule has 0 atom stereocenters. The summed E-state index contributed by atoms with van der Waals surface area (Å²) in [5.41, 5.74) is 0.743. The first-order chi connectivity index (χ1) is 15.7. The summed E-state index contributed by atoms with van der Waals surface area (Å²) in [7, 11) is 0. The Bertz CT molecular complexity index is 1290. The van der Waals surface area contributed by atoms with Gasteiger partial charge >= 0.3 is 0 Å². The summed E-state index contributed by atoms with van der Waals surface area (Å²) in [5, 5.41) is 16.6. The van der Waals surface area contributed by atoms with Gasteiger partial charge in [-0.05, 0) is 48.0 Å². The van der Waals surface area contributed by atoms with E-state index >= 15 is 0 Å². The van der Waals surface area contributed by atoms with Crippen LogP contribution in [0.3, 0.4) is 0 Å². The molecule has 1 amide bonds. The lowest BCUT2D eigenvalue weighted by molar-refractivity contribution is 0.102. The number of aromatic amines is 1. The third-order valence-electron chi connectivity index (χ3n) is 4.65. The first-order valence-electron chi connectivity index (χ1n) is 10.2. The number of unbranched alkanes of at least 4 members (excludes halogenated alkanes) is 1. The number of nitrogens with one attached hydrogen (secondary N) is 2. The van der Waals surface area contributed by atoms with Crippen LogP contribution in [0.2, 0.25) is 0 Å². The molecule has 162 valence electrons. The maximum atomic E-state index is 12.8. The van der Waals surface area contributed by atoms with Crippen LogP contribution in [0.5, 0.6) is 5.75 Å². The standard InChI is InChI=1S/C23H21N5O4/c1-2-3-4-5-13-31-16-11-9-15(10-12-16)23(30)24-18-8-6-7-17-19(29)14-20(32-21(17)18)22-25-27-28-26-22/h4-12,14H,2-3,13H2,1H3,(H,24,30)(H,25,26,27,28)/b5-4+. The van der Waals surface area contributed by atoms with Crippen molar-refractivity contribution in [2.75, 3.05) is 11.9 Å². The van der Waals surface area contributed by atoms with Crippen molar-refractivity contribution in [3.05, 3.63) is 76.5 Å². The molecule has 2 heterocycles. The van der Waals surface area contributed by atoms with E-state index in [0.29, 0.717) is 29.0 Å². The molecule has 0 aliphatic heterocycles. The highest BCUT2D eigenvalue weighted by molar-refractivity contribution is 6.08. The molecule has 0 fully saturated rings. The molecule has 32 heavy (non-hydrogen) atoms. The number of amides is 1. The summed E-state index contributed by atoms with van der Waals surface area (Å²) >= 11 is 0. The SMILES string of the molecule is CCC/C=C/COc1ccc(C(=O)Nc2cccc3c(=O)cc(-c4nn[nH]n4)oc23)cc1. The van der Waals surface area contributed by atoms with E-state index in [-0.39, 0.29) is 28.5 Å². The van der Waals surface area contributed by atoms with Crippen molar-refractivity contribution in [3.8, 4) is 17.3 Å². The zero-order valence-corrected chi connectivity index (χ0v) is 17.4. The fraction of sp³-hybridized carbons (Fsp3) is 0.174. The monoisotopic (exact) mass is 431 g/mol. The quantitative estimate of drug-likeness (QED) is 0.405. The summed E-state index contributed by atoms with van der Waals surface area (Å²) in [6.07, 6.45) is 6.17. The van der Waals surface area contributed by atoms with Gasteiger partial charge < -0.3 is 14.5 Å². The second kappa shape index (κ2) is 9.69. The predicted molar refractivity (Wildman–Crippen MR) is 120 cm³/mol. The number of benzene rings is 2. The van der Waals surface area contributed by atoms with Crippen molar-refractivity contribution in [1.82, 2.24) is 20.6 Å². The number of rotatable bonds is 8. The summed E-state index contributed by atoms with van der Waals surface area (Å²) in [5.74, 6) is 0.612. The Morgan fingerprint density at radius 3 is 2.78 bits per heavy atom. The minimum absolute atomic E-state index is 0.144. The molecule has 0 unspecified atom stereocenters. The van der Waals surface area contributed by atoms with E-state index in [1.165, 1.54) is 6.07 Å². The Morgan fingerprint density at radius 1 is 1.19 bits per heavy atom. The third-order valence-corrected chi connectivity index (χ3v) is 4.65. The van der Waals surface area contributed by atoms with Crippen LogP contribution in [0.4, 0.5) is 5.69 Å². The minimum atomic E-state index is -0.348. The van der Waals surface area contributed by atoms with Gasteiger partial charge in [-0.15, -0.1) is 10.2 Å². The fourth-order valence-electron chi connectivity index (χ4n) is 3.05. The first-order valence-corrected chi connectivity index (χ1v) is 10.2. The number of ether oxygens (including phenoxy) is 1. The fourth-order valence-corrected chi connectivity index (χ4v) is 3.05. The van der Waals surface area contributed by atoms with Gasteiger partial charge in [0.1, 0.15) is 12.4 Å². The molecule has 9 heteroatoms. The Kier molecular flexibility index (Phi) is 6.35. The molecule has 4 aromatic rings. The van der Waals surface area contributed by atoms with Gasteiger partial charge in [-0.25, -0.2) is 0 Å². The summed E-state index contributed by atoms with van der Waals surface area (Å²) < 4.78 is 11.5. The molecule has 0 saturated carbocycles. The second-order valence-electron chi connectivity index (χ2n) is 6.94. The average Bonchev–Trinajstić information content (AvgIpc) is 3.35. The van der Waals surface area contributed by atoms with Crippen molar-refractivity contribution in [3.63, 3.8) is 0 Å². The van der Waals surface area contributed by atoms with Gasteiger partial charge in [0.25, 0.3) is 5.91 Å². The molecule has 0 spiro atoms. The van der Waals surface area contributed by atoms with Gasteiger partial charge in [0.2, 0.25) is 5.82 Å². The molecular weight excluding hydrogens is 410 g/mol. The van der Waals surface area contributed by atoms with E-state index < -0.39 is 0 Å². The highest BCUT2D eigenvalue weighted by Crippen LogP contribution is 2.26. The molecule has 4 rings (SSSR count). The molecule has 2 aromatic heterocycles. The van der Waals surface area contributed by atoms with Crippen molar-refractivity contribution in [2.45, 2.75) is 19.8 Å². The molecular formula is C23H21N5O4. The van der Waals surface area contributed by atoms with Crippen LogP contribution in [0.15, 0.2) is 69.9 Å². The number of hydrogen-bond acceptors (Lipinski definition) is 7.